The average Bonchev–Trinajstić information content (AvgIpc) is 2.93. The molecule has 2 N–H and O–H groups in total. The van der Waals surface area contributed by atoms with Crippen LogP contribution in [0.25, 0.3) is 0 Å². The first kappa shape index (κ1) is 21.0. The summed E-state index contributed by atoms with van der Waals surface area (Å²) in [7, 11) is 0. The van der Waals surface area contributed by atoms with Gasteiger partial charge in [0.05, 0.1) is 4.92 Å². The molecule has 1 aliphatic heterocycles. The Labute approximate surface area is 173 Å². The minimum Gasteiger partial charge on any atom is -0.324 e. The van der Waals surface area contributed by atoms with Gasteiger partial charge in [-0.15, -0.1) is 0 Å². The number of rotatable bonds is 6. The van der Waals surface area contributed by atoms with Crippen molar-refractivity contribution in [3.8, 4) is 0 Å². The number of nitrogens with zero attached hydrogens (tertiary/aromatic N) is 2. The number of carbonyl (C=O) groups is 3. The van der Waals surface area contributed by atoms with Crippen LogP contribution in [0, 0.1) is 17.0 Å². The number of imide groups is 1. The Morgan fingerprint density at radius 2 is 1.93 bits per heavy atom. The highest BCUT2D eigenvalue weighted by molar-refractivity contribution is 6.10. The van der Waals surface area contributed by atoms with Gasteiger partial charge in [0.1, 0.15) is 12.1 Å². The molecule has 1 aliphatic rings. The number of nitro groups is 1. The van der Waals surface area contributed by atoms with E-state index >= 15 is 0 Å². The number of amides is 4. The first-order valence-corrected chi connectivity index (χ1v) is 9.44. The fourth-order valence-electron chi connectivity index (χ4n) is 3.49. The molecule has 1 unspecified atom stereocenters. The molecule has 9 nitrogen and oxygen atoms in total. The van der Waals surface area contributed by atoms with Gasteiger partial charge in [0, 0.05) is 17.8 Å². The van der Waals surface area contributed by atoms with E-state index < -0.39 is 34.9 Å². The Morgan fingerprint density at radius 3 is 2.60 bits per heavy atom. The van der Waals surface area contributed by atoms with E-state index in [1.807, 2.05) is 32.0 Å². The Balaban J connectivity index is 1.81. The van der Waals surface area contributed by atoms with Crippen LogP contribution in [0.2, 0.25) is 0 Å². The SMILES string of the molecule is CCc1cccc(C)c1NC(=O)CN1C(=O)NC(C)(c2cccc([N+](=O)[O-])c2)C1=O. The number of aryl methyl sites for hydroxylation is 2. The number of anilines is 1. The maximum Gasteiger partial charge on any atom is 0.325 e. The second-order valence-electron chi connectivity index (χ2n) is 7.26. The highest BCUT2D eigenvalue weighted by atomic mass is 16.6. The summed E-state index contributed by atoms with van der Waals surface area (Å²) in [6.45, 7) is 4.82. The van der Waals surface area contributed by atoms with Gasteiger partial charge in [0.25, 0.3) is 11.6 Å². The zero-order valence-electron chi connectivity index (χ0n) is 16.9. The molecule has 30 heavy (non-hydrogen) atoms. The fraction of sp³-hybridized carbons (Fsp3) is 0.286. The van der Waals surface area contributed by atoms with E-state index in [1.165, 1.54) is 31.2 Å². The van der Waals surface area contributed by atoms with Crippen LogP contribution in [0.1, 0.15) is 30.5 Å². The van der Waals surface area contributed by atoms with Crippen molar-refractivity contribution in [2.75, 3.05) is 11.9 Å². The number of nitro benzene ring substituents is 1. The normalized spacial score (nSPS) is 18.3. The van der Waals surface area contributed by atoms with Crippen molar-refractivity contribution < 1.29 is 19.3 Å². The molecule has 1 atom stereocenters. The van der Waals surface area contributed by atoms with Crippen LogP contribution in [-0.2, 0) is 21.5 Å². The van der Waals surface area contributed by atoms with Crippen LogP contribution >= 0.6 is 0 Å². The number of carbonyl (C=O) groups excluding carboxylic acids is 3. The van der Waals surface area contributed by atoms with Crippen molar-refractivity contribution in [3.63, 3.8) is 0 Å². The summed E-state index contributed by atoms with van der Waals surface area (Å²) in [4.78, 5) is 49.3. The highest BCUT2D eigenvalue weighted by Gasteiger charge is 2.49. The molecule has 0 saturated carbocycles. The van der Waals surface area contributed by atoms with Gasteiger partial charge in [0.2, 0.25) is 5.91 Å². The van der Waals surface area contributed by atoms with E-state index in [-0.39, 0.29) is 11.3 Å². The number of benzene rings is 2. The van der Waals surface area contributed by atoms with E-state index in [2.05, 4.69) is 10.6 Å². The fourth-order valence-corrected chi connectivity index (χ4v) is 3.49. The summed E-state index contributed by atoms with van der Waals surface area (Å²) < 4.78 is 0. The van der Waals surface area contributed by atoms with Crippen LogP contribution in [0.5, 0.6) is 0 Å². The van der Waals surface area contributed by atoms with Crippen molar-refractivity contribution in [3.05, 3.63) is 69.3 Å². The molecule has 0 bridgehead atoms. The topological polar surface area (TPSA) is 122 Å². The van der Waals surface area contributed by atoms with Crippen molar-refractivity contribution in [1.29, 1.82) is 0 Å². The summed E-state index contributed by atoms with van der Waals surface area (Å²) in [6.07, 6.45) is 0.714. The number of non-ortho nitro benzene ring substituents is 1. The van der Waals surface area contributed by atoms with E-state index in [1.54, 1.807) is 0 Å². The number of urea groups is 1. The Bertz CT molecular complexity index is 1050. The Kier molecular flexibility index (Phi) is 5.55. The number of hydrogen-bond acceptors (Lipinski definition) is 5. The van der Waals surface area contributed by atoms with Gasteiger partial charge in [-0.25, -0.2) is 4.79 Å². The van der Waals surface area contributed by atoms with Gasteiger partial charge in [-0.3, -0.25) is 24.6 Å². The lowest BCUT2D eigenvalue weighted by Gasteiger charge is -2.22. The molecule has 0 spiro atoms. The predicted molar refractivity (Wildman–Crippen MR) is 110 cm³/mol. The second kappa shape index (κ2) is 7.94. The van der Waals surface area contributed by atoms with Gasteiger partial charge in [0.15, 0.2) is 0 Å². The van der Waals surface area contributed by atoms with Crippen LogP contribution in [0.15, 0.2) is 42.5 Å². The lowest BCUT2D eigenvalue weighted by Crippen LogP contribution is -2.42. The van der Waals surface area contributed by atoms with E-state index in [0.717, 1.165) is 16.0 Å². The molecule has 2 aromatic rings. The molecule has 3 rings (SSSR count). The molecule has 9 heteroatoms. The number of hydrogen-bond donors (Lipinski definition) is 2. The van der Waals surface area contributed by atoms with Crippen LogP contribution < -0.4 is 10.6 Å². The largest absolute Gasteiger partial charge is 0.325 e. The standard InChI is InChI=1S/C21H22N4O5/c1-4-14-8-5-7-13(2)18(14)22-17(26)12-24-19(27)21(3,23-20(24)28)15-9-6-10-16(11-15)25(29)30/h5-11H,4,12H2,1-3H3,(H,22,26)(H,23,28). The van der Waals surface area contributed by atoms with Gasteiger partial charge in [-0.05, 0) is 37.0 Å². The van der Waals surface area contributed by atoms with Crippen molar-refractivity contribution in [1.82, 2.24) is 10.2 Å². The highest BCUT2D eigenvalue weighted by Crippen LogP contribution is 2.31. The molecule has 156 valence electrons. The number of para-hydroxylation sites is 1. The summed E-state index contributed by atoms with van der Waals surface area (Å²) >= 11 is 0. The van der Waals surface area contributed by atoms with E-state index in [4.69, 9.17) is 0 Å². The third kappa shape index (κ3) is 3.73. The quantitative estimate of drug-likeness (QED) is 0.431. The van der Waals surface area contributed by atoms with Gasteiger partial charge < -0.3 is 10.6 Å². The van der Waals surface area contributed by atoms with Gasteiger partial charge in [-0.2, -0.15) is 0 Å². The molecule has 1 heterocycles. The molecular weight excluding hydrogens is 388 g/mol. The van der Waals surface area contributed by atoms with Crippen molar-refractivity contribution in [2.24, 2.45) is 0 Å². The van der Waals surface area contributed by atoms with Crippen molar-refractivity contribution >= 4 is 29.2 Å². The summed E-state index contributed by atoms with van der Waals surface area (Å²) in [5, 5.41) is 16.4. The summed E-state index contributed by atoms with van der Waals surface area (Å²) in [6, 6.07) is 10.4. The minimum absolute atomic E-state index is 0.196. The second-order valence-corrected chi connectivity index (χ2v) is 7.26. The number of nitrogens with one attached hydrogen (secondary N) is 2. The van der Waals surface area contributed by atoms with Crippen molar-refractivity contribution in [2.45, 2.75) is 32.7 Å². The average molecular weight is 410 g/mol. The lowest BCUT2D eigenvalue weighted by atomic mass is 9.91. The monoisotopic (exact) mass is 410 g/mol. The molecule has 0 radical (unpaired) electrons. The molecule has 2 aromatic carbocycles. The van der Waals surface area contributed by atoms with Gasteiger partial charge in [-0.1, -0.05) is 37.3 Å². The molecule has 0 aromatic heterocycles. The summed E-state index contributed by atoms with van der Waals surface area (Å²) in [5.74, 6) is -1.16. The van der Waals surface area contributed by atoms with Crippen LogP contribution in [0.4, 0.5) is 16.2 Å². The lowest BCUT2D eigenvalue weighted by molar-refractivity contribution is -0.385. The maximum absolute atomic E-state index is 13.0. The minimum atomic E-state index is -1.50. The molecule has 1 fully saturated rings. The first-order chi connectivity index (χ1) is 14.2. The molecular formula is C21H22N4O5. The Morgan fingerprint density at radius 1 is 1.23 bits per heavy atom. The summed E-state index contributed by atoms with van der Waals surface area (Å²) in [5.41, 5.74) is 1.06. The third-order valence-corrected chi connectivity index (χ3v) is 5.22. The smallest absolute Gasteiger partial charge is 0.324 e. The molecule has 1 saturated heterocycles. The molecule has 4 amide bonds. The first-order valence-electron chi connectivity index (χ1n) is 9.44. The van der Waals surface area contributed by atoms with E-state index in [9.17, 15) is 24.5 Å². The zero-order chi connectivity index (χ0) is 22.1. The molecule has 0 aliphatic carbocycles. The van der Waals surface area contributed by atoms with Gasteiger partial charge >= 0.3 is 6.03 Å². The third-order valence-electron chi connectivity index (χ3n) is 5.22. The van der Waals surface area contributed by atoms with Crippen LogP contribution in [-0.4, -0.2) is 34.2 Å². The zero-order valence-corrected chi connectivity index (χ0v) is 16.9. The Hall–Kier alpha value is -3.75. The maximum atomic E-state index is 13.0. The van der Waals surface area contributed by atoms with Crippen LogP contribution in [0.3, 0.4) is 0 Å². The predicted octanol–water partition coefficient (Wildman–Crippen LogP) is 2.87. The van der Waals surface area contributed by atoms with E-state index in [0.29, 0.717) is 12.1 Å².